The zero-order valence-corrected chi connectivity index (χ0v) is 16.6. The van der Waals surface area contributed by atoms with E-state index in [2.05, 4.69) is 11.9 Å². The molecule has 0 bridgehead atoms. The molecule has 1 heterocycles. The van der Waals surface area contributed by atoms with Gasteiger partial charge in [0.2, 0.25) is 5.91 Å². The summed E-state index contributed by atoms with van der Waals surface area (Å²) < 4.78 is 11.0. The van der Waals surface area contributed by atoms with Crippen LogP contribution in [0.4, 0.5) is 5.69 Å². The summed E-state index contributed by atoms with van der Waals surface area (Å²) in [7, 11) is 1.57. The molecule has 1 aliphatic heterocycles. The van der Waals surface area contributed by atoms with Crippen LogP contribution >= 0.6 is 0 Å². The smallest absolute Gasteiger partial charge is 0.258 e. The molecule has 0 saturated carbocycles. The highest BCUT2D eigenvalue weighted by atomic mass is 16.5. The molecule has 0 atom stereocenters. The van der Waals surface area contributed by atoms with Crippen molar-refractivity contribution in [2.45, 2.75) is 25.8 Å². The van der Waals surface area contributed by atoms with Crippen LogP contribution in [0.15, 0.2) is 55.1 Å². The van der Waals surface area contributed by atoms with Crippen LogP contribution in [0.25, 0.3) is 0 Å². The van der Waals surface area contributed by atoms with E-state index < -0.39 is 0 Å². The third kappa shape index (κ3) is 5.38. The topological polar surface area (TPSA) is 67.9 Å². The number of carbonyl (C=O) groups excluding carboxylic acids is 2. The number of amides is 2. The Morgan fingerprint density at radius 1 is 1.21 bits per heavy atom. The Morgan fingerprint density at radius 2 is 2.07 bits per heavy atom. The molecule has 29 heavy (non-hydrogen) atoms. The van der Waals surface area contributed by atoms with Gasteiger partial charge in [0, 0.05) is 25.2 Å². The Hall–Kier alpha value is -3.28. The molecule has 2 aromatic rings. The summed E-state index contributed by atoms with van der Waals surface area (Å²) >= 11 is 0. The summed E-state index contributed by atoms with van der Waals surface area (Å²) in [6.45, 7) is 4.73. The first-order valence-electron chi connectivity index (χ1n) is 9.67. The molecule has 2 aromatic carbocycles. The van der Waals surface area contributed by atoms with E-state index in [1.807, 2.05) is 42.5 Å². The van der Waals surface area contributed by atoms with Crippen molar-refractivity contribution < 1.29 is 19.1 Å². The largest absolute Gasteiger partial charge is 0.493 e. The highest BCUT2D eigenvalue weighted by Gasteiger charge is 2.21. The van der Waals surface area contributed by atoms with Crippen molar-refractivity contribution in [3.63, 3.8) is 0 Å². The molecule has 152 valence electrons. The number of methoxy groups -OCH3 is 1. The van der Waals surface area contributed by atoms with Gasteiger partial charge in [0.05, 0.1) is 7.11 Å². The van der Waals surface area contributed by atoms with E-state index in [9.17, 15) is 9.59 Å². The first-order valence-corrected chi connectivity index (χ1v) is 9.67. The fourth-order valence-corrected chi connectivity index (χ4v) is 3.28. The fourth-order valence-electron chi connectivity index (χ4n) is 3.28. The molecule has 3 rings (SSSR count). The lowest BCUT2D eigenvalue weighted by atomic mass is 10.1. The van der Waals surface area contributed by atoms with Crippen molar-refractivity contribution in [2.75, 3.05) is 25.2 Å². The number of ether oxygens (including phenoxy) is 2. The molecule has 0 radical (unpaired) electrons. The van der Waals surface area contributed by atoms with Gasteiger partial charge in [0.25, 0.3) is 5.91 Å². The van der Waals surface area contributed by atoms with Gasteiger partial charge >= 0.3 is 0 Å². The molecule has 1 fully saturated rings. The van der Waals surface area contributed by atoms with Crippen molar-refractivity contribution in [2.24, 2.45) is 0 Å². The van der Waals surface area contributed by atoms with E-state index in [-0.39, 0.29) is 18.4 Å². The van der Waals surface area contributed by atoms with Crippen LogP contribution in [0.5, 0.6) is 11.5 Å². The zero-order chi connectivity index (χ0) is 20.6. The number of allylic oxidation sites excluding steroid dienone is 1. The molecule has 2 amide bonds. The Morgan fingerprint density at radius 3 is 2.79 bits per heavy atom. The van der Waals surface area contributed by atoms with Crippen LogP contribution in [0, 0.1) is 0 Å². The molecule has 0 aromatic heterocycles. The minimum atomic E-state index is -0.232. The maximum atomic E-state index is 12.2. The Balaban J connectivity index is 1.53. The van der Waals surface area contributed by atoms with Gasteiger partial charge in [-0.3, -0.25) is 9.59 Å². The molecule has 6 heteroatoms. The van der Waals surface area contributed by atoms with Gasteiger partial charge in [0.15, 0.2) is 18.1 Å². The van der Waals surface area contributed by atoms with Crippen molar-refractivity contribution in [3.05, 3.63) is 66.2 Å². The number of rotatable bonds is 9. The molecule has 1 N–H and O–H groups in total. The minimum absolute atomic E-state index is 0.110. The average Bonchev–Trinajstić information content (AvgIpc) is 3.17. The molecule has 0 spiro atoms. The molecule has 0 unspecified atom stereocenters. The lowest BCUT2D eigenvalue weighted by Crippen LogP contribution is -2.28. The van der Waals surface area contributed by atoms with Crippen molar-refractivity contribution in [3.8, 4) is 11.5 Å². The van der Waals surface area contributed by atoms with Crippen LogP contribution in [-0.2, 0) is 22.6 Å². The van der Waals surface area contributed by atoms with Gasteiger partial charge in [0.1, 0.15) is 0 Å². The maximum Gasteiger partial charge on any atom is 0.258 e. The van der Waals surface area contributed by atoms with E-state index in [1.165, 1.54) is 0 Å². The van der Waals surface area contributed by atoms with E-state index in [0.717, 1.165) is 36.2 Å². The SMILES string of the molecule is C=CCc1ccc(OCC(=O)NCc2cccc(N3CCCC3=O)c2)c(OC)c1. The first kappa shape index (κ1) is 20.5. The minimum Gasteiger partial charge on any atom is -0.493 e. The van der Waals surface area contributed by atoms with Gasteiger partial charge in [-0.15, -0.1) is 6.58 Å². The number of carbonyl (C=O) groups is 2. The molecule has 0 aliphatic carbocycles. The highest BCUT2D eigenvalue weighted by Crippen LogP contribution is 2.28. The summed E-state index contributed by atoms with van der Waals surface area (Å²) in [4.78, 5) is 25.9. The van der Waals surface area contributed by atoms with Crippen LogP contribution in [0.2, 0.25) is 0 Å². The third-order valence-corrected chi connectivity index (χ3v) is 4.75. The normalized spacial score (nSPS) is 13.3. The Kier molecular flexibility index (Phi) is 6.89. The summed E-state index contributed by atoms with van der Waals surface area (Å²) in [5, 5.41) is 2.85. The number of anilines is 1. The molecule has 1 aliphatic rings. The van der Waals surface area contributed by atoms with E-state index >= 15 is 0 Å². The summed E-state index contributed by atoms with van der Waals surface area (Å²) in [5.74, 6) is 1.02. The molecular formula is C23H26N2O4. The predicted molar refractivity (Wildman–Crippen MR) is 112 cm³/mol. The molecule has 6 nitrogen and oxygen atoms in total. The zero-order valence-electron chi connectivity index (χ0n) is 16.6. The van der Waals surface area contributed by atoms with Gasteiger partial charge in [-0.2, -0.15) is 0 Å². The van der Waals surface area contributed by atoms with Crippen LogP contribution in [0.3, 0.4) is 0 Å². The van der Waals surface area contributed by atoms with Crippen LogP contribution in [0.1, 0.15) is 24.0 Å². The highest BCUT2D eigenvalue weighted by molar-refractivity contribution is 5.95. The summed E-state index contributed by atoms with van der Waals surface area (Å²) in [6, 6.07) is 13.3. The van der Waals surface area contributed by atoms with Crippen molar-refractivity contribution in [1.29, 1.82) is 0 Å². The monoisotopic (exact) mass is 394 g/mol. The number of nitrogens with one attached hydrogen (secondary N) is 1. The molecule has 1 saturated heterocycles. The number of hydrogen-bond donors (Lipinski definition) is 1. The second kappa shape index (κ2) is 9.78. The second-order valence-electron chi connectivity index (χ2n) is 6.86. The summed E-state index contributed by atoms with van der Waals surface area (Å²) in [6.07, 6.45) is 4.03. The van der Waals surface area contributed by atoms with Crippen molar-refractivity contribution in [1.82, 2.24) is 5.32 Å². The van der Waals surface area contributed by atoms with Gasteiger partial charge in [-0.1, -0.05) is 24.3 Å². The lowest BCUT2D eigenvalue weighted by molar-refractivity contribution is -0.123. The number of nitrogens with zero attached hydrogens (tertiary/aromatic N) is 1. The maximum absolute atomic E-state index is 12.2. The number of benzene rings is 2. The van der Waals surface area contributed by atoms with E-state index in [4.69, 9.17) is 9.47 Å². The molecular weight excluding hydrogens is 368 g/mol. The van der Waals surface area contributed by atoms with Crippen molar-refractivity contribution >= 4 is 17.5 Å². The van der Waals surface area contributed by atoms with Crippen LogP contribution < -0.4 is 19.7 Å². The van der Waals surface area contributed by atoms with E-state index in [1.54, 1.807) is 18.1 Å². The first-order chi connectivity index (χ1) is 14.1. The van der Waals surface area contributed by atoms with E-state index in [0.29, 0.717) is 24.5 Å². The van der Waals surface area contributed by atoms with Gasteiger partial charge in [-0.25, -0.2) is 0 Å². The third-order valence-electron chi connectivity index (χ3n) is 4.75. The predicted octanol–water partition coefficient (Wildman–Crippen LogP) is 3.25. The standard InChI is InChI=1S/C23H26N2O4/c1-3-6-17-10-11-20(21(14-17)28-2)29-16-22(26)24-15-18-7-4-8-19(13-18)25-12-5-9-23(25)27/h3-4,7-8,10-11,13-14H,1,5-6,9,12,15-16H2,2H3,(H,24,26). The fraction of sp³-hybridized carbons (Fsp3) is 0.304. The number of hydrogen-bond acceptors (Lipinski definition) is 4. The van der Waals surface area contributed by atoms with Crippen LogP contribution in [-0.4, -0.2) is 32.1 Å². The summed E-state index contributed by atoms with van der Waals surface area (Å²) in [5.41, 5.74) is 2.87. The van der Waals surface area contributed by atoms with Gasteiger partial charge < -0.3 is 19.7 Å². The van der Waals surface area contributed by atoms with Gasteiger partial charge in [-0.05, 0) is 48.2 Å². The Bertz CT molecular complexity index is 894. The average molecular weight is 394 g/mol. The quantitative estimate of drug-likeness (QED) is 0.663. The second-order valence-corrected chi connectivity index (χ2v) is 6.86. The lowest BCUT2D eigenvalue weighted by Gasteiger charge is -2.17. The Labute approximate surface area is 171 Å².